The van der Waals surface area contributed by atoms with Crippen molar-refractivity contribution < 1.29 is 13.0 Å². The first-order valence-corrected chi connectivity index (χ1v) is 4.91. The first-order chi connectivity index (χ1) is 5.63. The monoisotopic (exact) mass is 194 g/mol. The van der Waals surface area contributed by atoms with Gasteiger partial charge >= 0.3 is 0 Å². The fourth-order valence-corrected chi connectivity index (χ4v) is 1.39. The lowest BCUT2D eigenvalue weighted by Crippen LogP contribution is -1.90. The summed E-state index contributed by atoms with van der Waals surface area (Å²) in [4.78, 5) is 0. The maximum atomic E-state index is 12.7. The van der Waals surface area contributed by atoms with Gasteiger partial charge in [-0.15, -0.1) is 0 Å². The molecule has 0 saturated carbocycles. The largest absolute Gasteiger partial charge is 0.244 e. The van der Waals surface area contributed by atoms with Crippen LogP contribution in [-0.2, 0) is 10.8 Å². The summed E-state index contributed by atoms with van der Waals surface area (Å²) in [5, 5.41) is -1.81. The van der Waals surface area contributed by atoms with Crippen LogP contribution in [0, 0.1) is 0 Å². The molecular weight excluding hydrogens is 182 g/mol. The van der Waals surface area contributed by atoms with E-state index in [1.54, 1.807) is 13.8 Å². The number of rotatable bonds is 4. The molecule has 0 aromatic rings. The summed E-state index contributed by atoms with van der Waals surface area (Å²) in [5.74, 6) is 0. The minimum Gasteiger partial charge on any atom is -0.244 e. The maximum absolute atomic E-state index is 12.7. The van der Waals surface area contributed by atoms with Crippen LogP contribution in [0.15, 0.2) is 22.5 Å². The van der Waals surface area contributed by atoms with Crippen molar-refractivity contribution in [2.45, 2.75) is 26.7 Å². The third kappa shape index (κ3) is 3.76. The summed E-state index contributed by atoms with van der Waals surface area (Å²) >= 11 is 0. The molecule has 0 bridgehead atoms. The van der Waals surface area contributed by atoms with E-state index in [-0.39, 0.29) is 0 Å². The second-order valence-corrected chi connectivity index (χ2v) is 3.42. The van der Waals surface area contributed by atoms with Gasteiger partial charge in [-0.3, -0.25) is 0 Å². The van der Waals surface area contributed by atoms with Crippen molar-refractivity contribution in [1.29, 1.82) is 0 Å². The van der Waals surface area contributed by atoms with E-state index in [1.807, 2.05) is 0 Å². The summed E-state index contributed by atoms with van der Waals surface area (Å²) in [6.45, 7) is 3.39. The van der Waals surface area contributed by atoms with E-state index in [2.05, 4.69) is 0 Å². The average Bonchev–Trinajstić information content (AvgIpc) is 2.04. The number of allylic oxidation sites excluding steroid dienone is 2. The molecule has 0 saturated heterocycles. The molecule has 70 valence electrons. The van der Waals surface area contributed by atoms with Crippen molar-refractivity contribution in [3.05, 3.63) is 22.5 Å². The second kappa shape index (κ2) is 6.06. The van der Waals surface area contributed by atoms with Gasteiger partial charge in [0.25, 0.3) is 0 Å². The van der Waals surface area contributed by atoms with E-state index >= 15 is 0 Å². The first-order valence-electron chi connectivity index (χ1n) is 3.76. The van der Waals surface area contributed by atoms with Crippen LogP contribution in [0.5, 0.6) is 0 Å². The highest BCUT2D eigenvalue weighted by molar-refractivity contribution is 7.92. The third-order valence-electron chi connectivity index (χ3n) is 1.08. The van der Waals surface area contributed by atoms with Crippen molar-refractivity contribution in [2.24, 2.45) is 0 Å². The summed E-state index contributed by atoms with van der Waals surface area (Å²) in [7, 11) is -2.22. The van der Waals surface area contributed by atoms with Gasteiger partial charge < -0.3 is 0 Å². The quantitative estimate of drug-likeness (QED) is 0.671. The van der Waals surface area contributed by atoms with E-state index in [0.717, 1.165) is 12.2 Å². The van der Waals surface area contributed by atoms with Crippen molar-refractivity contribution >= 4 is 10.8 Å². The van der Waals surface area contributed by atoms with E-state index in [0.29, 0.717) is 12.8 Å². The Balaban J connectivity index is 4.39. The highest BCUT2D eigenvalue weighted by atomic mass is 32.2. The Hall–Kier alpha value is -0.510. The van der Waals surface area contributed by atoms with Crippen LogP contribution in [0.3, 0.4) is 0 Å². The van der Waals surface area contributed by atoms with Gasteiger partial charge in [-0.05, 0) is 25.0 Å². The molecule has 0 unspecified atom stereocenters. The van der Waals surface area contributed by atoms with E-state index in [9.17, 15) is 13.0 Å². The Morgan fingerprint density at radius 1 is 1.17 bits per heavy atom. The molecule has 0 radical (unpaired) electrons. The molecule has 0 aliphatic rings. The predicted molar refractivity (Wildman–Crippen MR) is 47.1 cm³/mol. The Morgan fingerprint density at radius 3 is 1.75 bits per heavy atom. The molecule has 12 heavy (non-hydrogen) atoms. The first kappa shape index (κ1) is 11.5. The smallest absolute Gasteiger partial charge is 0.190 e. The van der Waals surface area contributed by atoms with Crippen LogP contribution in [0.1, 0.15) is 26.7 Å². The predicted octanol–water partition coefficient (Wildman–Crippen LogP) is 3.18. The molecule has 0 aromatic heterocycles. The fraction of sp³-hybridized carbons (Fsp3) is 0.500. The topological polar surface area (TPSA) is 17.1 Å². The number of hydrogen-bond donors (Lipinski definition) is 0. The Bertz CT molecular complexity index is 199. The summed E-state index contributed by atoms with van der Waals surface area (Å²) in [6.07, 6.45) is 3.05. The zero-order valence-electron chi connectivity index (χ0n) is 7.14. The van der Waals surface area contributed by atoms with Gasteiger partial charge in [0, 0.05) is 0 Å². The Kier molecular flexibility index (Phi) is 5.80. The van der Waals surface area contributed by atoms with Crippen molar-refractivity contribution in [3.63, 3.8) is 0 Å². The van der Waals surface area contributed by atoms with Gasteiger partial charge in [-0.1, -0.05) is 13.8 Å². The molecule has 0 atom stereocenters. The molecule has 0 N–H and O–H groups in total. The molecule has 0 rings (SSSR count). The highest BCUT2D eigenvalue weighted by Crippen LogP contribution is 2.15. The lowest BCUT2D eigenvalue weighted by atomic mass is 10.5. The van der Waals surface area contributed by atoms with Crippen LogP contribution in [0.2, 0.25) is 0 Å². The minimum absolute atomic E-state index is 0.414. The molecule has 0 aliphatic carbocycles. The Labute approximate surface area is 73.6 Å². The SMILES string of the molecule is CCC=C(F)S(=O)C(F)=CCC. The molecule has 0 amide bonds. The zero-order valence-corrected chi connectivity index (χ0v) is 7.96. The zero-order chi connectivity index (χ0) is 9.56. The molecule has 1 nitrogen and oxygen atoms in total. The van der Waals surface area contributed by atoms with Crippen molar-refractivity contribution in [2.75, 3.05) is 0 Å². The third-order valence-corrected chi connectivity index (χ3v) is 2.13. The normalized spacial score (nSPS) is 16.3. The van der Waals surface area contributed by atoms with Gasteiger partial charge in [0.15, 0.2) is 10.3 Å². The van der Waals surface area contributed by atoms with E-state index in [1.165, 1.54) is 0 Å². The Morgan fingerprint density at radius 2 is 1.50 bits per heavy atom. The second-order valence-electron chi connectivity index (χ2n) is 2.10. The van der Waals surface area contributed by atoms with Crippen LogP contribution in [-0.4, -0.2) is 4.21 Å². The van der Waals surface area contributed by atoms with Crippen molar-refractivity contribution in [1.82, 2.24) is 0 Å². The summed E-state index contributed by atoms with van der Waals surface area (Å²) in [6, 6.07) is 0. The van der Waals surface area contributed by atoms with Crippen LogP contribution < -0.4 is 0 Å². The molecule has 4 heteroatoms. The molecule has 0 aromatic carbocycles. The van der Waals surface area contributed by atoms with Crippen LogP contribution in [0.4, 0.5) is 8.78 Å². The van der Waals surface area contributed by atoms with Gasteiger partial charge in [-0.2, -0.15) is 8.78 Å². The van der Waals surface area contributed by atoms with E-state index in [4.69, 9.17) is 0 Å². The minimum atomic E-state index is -2.22. The number of hydrogen-bond acceptors (Lipinski definition) is 1. The molecule has 0 fully saturated rings. The molecular formula is C8H12F2OS. The average molecular weight is 194 g/mol. The van der Waals surface area contributed by atoms with Crippen molar-refractivity contribution in [3.8, 4) is 0 Å². The lowest BCUT2D eigenvalue weighted by molar-refractivity contribution is 0.626. The van der Waals surface area contributed by atoms with Gasteiger partial charge in [-0.25, -0.2) is 4.21 Å². The van der Waals surface area contributed by atoms with E-state index < -0.39 is 21.1 Å². The standard InChI is InChI=1S/C8H12F2OS/c1-3-5-7(9)12(11)8(10)6-4-2/h5-6H,3-4H2,1-2H3. The highest BCUT2D eigenvalue weighted by Gasteiger charge is 2.10. The van der Waals surface area contributed by atoms with Gasteiger partial charge in [0.1, 0.15) is 10.8 Å². The van der Waals surface area contributed by atoms with Crippen LogP contribution >= 0.6 is 0 Å². The van der Waals surface area contributed by atoms with Gasteiger partial charge in [0.2, 0.25) is 0 Å². The van der Waals surface area contributed by atoms with Crippen LogP contribution in [0.25, 0.3) is 0 Å². The number of halogens is 2. The summed E-state index contributed by atoms with van der Waals surface area (Å²) in [5.41, 5.74) is 0. The lowest BCUT2D eigenvalue weighted by Gasteiger charge is -1.93. The van der Waals surface area contributed by atoms with Gasteiger partial charge in [0.05, 0.1) is 0 Å². The molecule has 0 heterocycles. The molecule has 0 spiro atoms. The summed E-state index contributed by atoms with van der Waals surface area (Å²) < 4.78 is 36.1. The molecule has 0 aliphatic heterocycles. The maximum Gasteiger partial charge on any atom is 0.190 e. The fourth-order valence-electron chi connectivity index (χ4n) is 0.565.